The molecule has 0 aliphatic carbocycles. The summed E-state index contributed by atoms with van der Waals surface area (Å²) in [5, 5.41) is 18.9. The zero-order chi connectivity index (χ0) is 16.8. The number of carbonyl (C=O) groups is 1. The third-order valence-electron chi connectivity index (χ3n) is 3.50. The largest absolute Gasteiger partial charge is 0.395 e. The molecule has 1 heterocycles. The van der Waals surface area contributed by atoms with Crippen molar-refractivity contribution in [2.75, 3.05) is 18.5 Å². The minimum atomic E-state index is -0.170. The van der Waals surface area contributed by atoms with Gasteiger partial charge in [-0.3, -0.25) is 9.48 Å². The Kier molecular flexibility index (Phi) is 5.76. The Hall–Kier alpha value is -2.34. The molecule has 124 valence electrons. The second kappa shape index (κ2) is 7.78. The van der Waals surface area contributed by atoms with Gasteiger partial charge in [-0.2, -0.15) is 5.10 Å². The summed E-state index contributed by atoms with van der Waals surface area (Å²) in [4.78, 5) is 11.6. The molecule has 0 saturated heterocycles. The van der Waals surface area contributed by atoms with Crippen molar-refractivity contribution >= 4 is 11.6 Å². The number of anilines is 1. The number of carbonyl (C=O) groups excluding carboxylic acids is 1. The first-order chi connectivity index (χ1) is 11.0. The highest BCUT2D eigenvalue weighted by atomic mass is 16.3. The molecule has 1 amide bonds. The van der Waals surface area contributed by atoms with E-state index >= 15 is 0 Å². The van der Waals surface area contributed by atoms with Crippen LogP contribution < -0.4 is 10.6 Å². The molecule has 23 heavy (non-hydrogen) atoms. The molecule has 1 aromatic carbocycles. The van der Waals surface area contributed by atoms with Gasteiger partial charge < -0.3 is 15.7 Å². The van der Waals surface area contributed by atoms with Gasteiger partial charge in [0.25, 0.3) is 0 Å². The van der Waals surface area contributed by atoms with Crippen LogP contribution in [0.5, 0.6) is 0 Å². The van der Waals surface area contributed by atoms with Gasteiger partial charge in [-0.15, -0.1) is 0 Å². The number of nitrogens with one attached hydrogen (secondary N) is 2. The Morgan fingerprint density at radius 1 is 1.30 bits per heavy atom. The quantitative estimate of drug-likeness (QED) is 0.727. The fourth-order valence-corrected chi connectivity index (χ4v) is 2.52. The smallest absolute Gasteiger partial charge is 0.241 e. The Labute approximate surface area is 136 Å². The van der Waals surface area contributed by atoms with Crippen molar-refractivity contribution in [3.63, 3.8) is 0 Å². The van der Waals surface area contributed by atoms with E-state index in [-0.39, 0.29) is 31.6 Å². The number of aromatic nitrogens is 2. The molecule has 0 saturated carbocycles. The van der Waals surface area contributed by atoms with Gasteiger partial charge in [0.05, 0.1) is 18.5 Å². The van der Waals surface area contributed by atoms with Crippen molar-refractivity contribution in [2.24, 2.45) is 0 Å². The topological polar surface area (TPSA) is 79.2 Å². The summed E-state index contributed by atoms with van der Waals surface area (Å²) in [6, 6.07) is 6.63. The van der Waals surface area contributed by atoms with Crippen molar-refractivity contribution in [3.8, 4) is 0 Å². The standard InChI is InChI=1S/C17H24N4O2/c1-12-6-13(2)8-15(7-12)14(3)20-16-9-19-21(10-16)11-17(23)18-4-5-22/h6-10,14,20,22H,4-5,11H2,1-3H3,(H,18,23). The highest BCUT2D eigenvalue weighted by Crippen LogP contribution is 2.21. The summed E-state index contributed by atoms with van der Waals surface area (Å²) in [5.41, 5.74) is 4.57. The maximum Gasteiger partial charge on any atom is 0.241 e. The summed E-state index contributed by atoms with van der Waals surface area (Å²) < 4.78 is 1.57. The number of hydrogen-bond acceptors (Lipinski definition) is 4. The molecule has 2 rings (SSSR count). The normalized spacial score (nSPS) is 12.0. The summed E-state index contributed by atoms with van der Waals surface area (Å²) in [6.07, 6.45) is 3.51. The second-order valence-electron chi connectivity index (χ2n) is 5.79. The van der Waals surface area contributed by atoms with E-state index in [1.165, 1.54) is 16.7 Å². The molecular weight excluding hydrogens is 292 g/mol. The van der Waals surface area contributed by atoms with Gasteiger partial charge in [0.1, 0.15) is 6.54 Å². The van der Waals surface area contributed by atoms with Crippen molar-refractivity contribution in [1.29, 1.82) is 0 Å². The van der Waals surface area contributed by atoms with Crippen LogP contribution in [-0.4, -0.2) is 33.9 Å². The molecule has 0 bridgehead atoms. The maximum absolute atomic E-state index is 11.6. The van der Waals surface area contributed by atoms with E-state index in [9.17, 15) is 4.79 Å². The molecular formula is C17H24N4O2. The fourth-order valence-electron chi connectivity index (χ4n) is 2.52. The van der Waals surface area contributed by atoms with Crippen molar-refractivity contribution in [1.82, 2.24) is 15.1 Å². The number of benzene rings is 1. The predicted molar refractivity (Wildman–Crippen MR) is 90.3 cm³/mol. The lowest BCUT2D eigenvalue weighted by Gasteiger charge is -2.15. The lowest BCUT2D eigenvalue weighted by Crippen LogP contribution is -2.30. The molecule has 0 fully saturated rings. The van der Waals surface area contributed by atoms with Gasteiger partial charge in [0.15, 0.2) is 0 Å². The number of hydrogen-bond donors (Lipinski definition) is 3. The Morgan fingerprint density at radius 2 is 2.00 bits per heavy atom. The van der Waals surface area contributed by atoms with E-state index in [0.29, 0.717) is 0 Å². The zero-order valence-corrected chi connectivity index (χ0v) is 13.8. The SMILES string of the molecule is Cc1cc(C)cc(C(C)Nc2cnn(CC(=O)NCCO)c2)c1. The first kappa shape index (κ1) is 17.0. The minimum absolute atomic E-state index is 0.0644. The molecule has 1 unspecified atom stereocenters. The zero-order valence-electron chi connectivity index (χ0n) is 13.8. The summed E-state index contributed by atoms with van der Waals surface area (Å²) in [7, 11) is 0. The number of aryl methyl sites for hydroxylation is 2. The fraction of sp³-hybridized carbons (Fsp3) is 0.412. The van der Waals surface area contributed by atoms with Crippen LogP contribution in [0.2, 0.25) is 0 Å². The van der Waals surface area contributed by atoms with Crippen LogP contribution in [0.1, 0.15) is 29.7 Å². The van der Waals surface area contributed by atoms with Gasteiger partial charge in [0.2, 0.25) is 5.91 Å². The molecule has 0 radical (unpaired) electrons. The number of rotatable bonds is 7. The highest BCUT2D eigenvalue weighted by molar-refractivity contribution is 5.75. The molecule has 0 aliphatic rings. The molecule has 3 N–H and O–H groups in total. The van der Waals surface area contributed by atoms with E-state index in [0.717, 1.165) is 5.69 Å². The number of aliphatic hydroxyl groups is 1. The second-order valence-corrected chi connectivity index (χ2v) is 5.79. The molecule has 1 atom stereocenters. The Bertz CT molecular complexity index is 646. The van der Waals surface area contributed by atoms with Crippen molar-refractivity contribution in [2.45, 2.75) is 33.4 Å². The van der Waals surface area contributed by atoms with Gasteiger partial charge in [-0.1, -0.05) is 29.3 Å². The average Bonchev–Trinajstić information content (AvgIpc) is 2.91. The van der Waals surface area contributed by atoms with Gasteiger partial charge in [0, 0.05) is 18.8 Å². The van der Waals surface area contributed by atoms with Gasteiger partial charge in [-0.25, -0.2) is 0 Å². The summed E-state index contributed by atoms with van der Waals surface area (Å²) >= 11 is 0. The monoisotopic (exact) mass is 316 g/mol. The van der Waals surface area contributed by atoms with E-state index in [2.05, 4.69) is 54.7 Å². The van der Waals surface area contributed by atoms with E-state index < -0.39 is 0 Å². The van der Waals surface area contributed by atoms with E-state index in [1.807, 2.05) is 0 Å². The average molecular weight is 316 g/mol. The minimum Gasteiger partial charge on any atom is -0.395 e. The predicted octanol–water partition coefficient (Wildman–Crippen LogP) is 1.78. The van der Waals surface area contributed by atoms with E-state index in [4.69, 9.17) is 5.11 Å². The van der Waals surface area contributed by atoms with Crippen molar-refractivity contribution in [3.05, 3.63) is 47.3 Å². The molecule has 0 aliphatic heterocycles. The Balaban J connectivity index is 1.96. The van der Waals surface area contributed by atoms with Crippen LogP contribution in [0.3, 0.4) is 0 Å². The number of nitrogens with zero attached hydrogens (tertiary/aromatic N) is 2. The van der Waals surface area contributed by atoms with Gasteiger partial charge >= 0.3 is 0 Å². The highest BCUT2D eigenvalue weighted by Gasteiger charge is 2.09. The summed E-state index contributed by atoms with van der Waals surface area (Å²) in [6.45, 7) is 6.61. The first-order valence-corrected chi connectivity index (χ1v) is 7.72. The number of aliphatic hydroxyl groups excluding tert-OH is 1. The lowest BCUT2D eigenvalue weighted by molar-refractivity contribution is -0.122. The molecule has 6 nitrogen and oxygen atoms in total. The third kappa shape index (κ3) is 5.10. The number of amides is 1. The first-order valence-electron chi connectivity index (χ1n) is 7.72. The molecule has 6 heteroatoms. The Morgan fingerprint density at radius 3 is 2.65 bits per heavy atom. The van der Waals surface area contributed by atoms with Crippen molar-refractivity contribution < 1.29 is 9.90 Å². The lowest BCUT2D eigenvalue weighted by atomic mass is 10.0. The van der Waals surface area contributed by atoms with Crippen LogP contribution in [0.15, 0.2) is 30.6 Å². The molecule has 1 aromatic heterocycles. The van der Waals surface area contributed by atoms with Gasteiger partial charge in [-0.05, 0) is 26.3 Å². The van der Waals surface area contributed by atoms with Crippen LogP contribution in [0.25, 0.3) is 0 Å². The third-order valence-corrected chi connectivity index (χ3v) is 3.50. The molecule has 0 spiro atoms. The summed E-state index contributed by atoms with van der Waals surface area (Å²) in [5.74, 6) is -0.170. The van der Waals surface area contributed by atoms with E-state index in [1.54, 1.807) is 17.1 Å². The molecule has 2 aromatic rings. The maximum atomic E-state index is 11.6. The van der Waals surface area contributed by atoms with Crippen LogP contribution in [0, 0.1) is 13.8 Å². The van der Waals surface area contributed by atoms with Crippen LogP contribution in [0.4, 0.5) is 5.69 Å². The van der Waals surface area contributed by atoms with Crippen LogP contribution in [-0.2, 0) is 11.3 Å². The van der Waals surface area contributed by atoms with Crippen LogP contribution >= 0.6 is 0 Å².